The number of ether oxygens (including phenoxy) is 1. The van der Waals surface area contributed by atoms with Crippen molar-refractivity contribution < 1.29 is 24.2 Å². The first-order chi connectivity index (χ1) is 14.6. The van der Waals surface area contributed by atoms with E-state index < -0.39 is 11.5 Å². The lowest BCUT2D eigenvalue weighted by atomic mass is 9.89. The van der Waals surface area contributed by atoms with Crippen molar-refractivity contribution in [3.63, 3.8) is 0 Å². The smallest absolute Gasteiger partial charge is 0.338 e. The molecular weight excluding hydrogens is 398 g/mol. The number of para-hydroxylation sites is 1. The molecule has 0 fully saturated rings. The quantitative estimate of drug-likeness (QED) is 0.561. The van der Waals surface area contributed by atoms with Crippen LogP contribution >= 0.6 is 0 Å². The van der Waals surface area contributed by atoms with E-state index in [-0.39, 0.29) is 34.9 Å². The lowest BCUT2D eigenvalue weighted by Gasteiger charge is -2.21. The minimum atomic E-state index is -1.08. The number of amidine groups is 1. The first-order valence-corrected chi connectivity index (χ1v) is 9.95. The monoisotopic (exact) mass is 425 g/mol. The van der Waals surface area contributed by atoms with E-state index >= 15 is 0 Å². The van der Waals surface area contributed by atoms with E-state index in [9.17, 15) is 19.5 Å². The van der Waals surface area contributed by atoms with E-state index in [0.29, 0.717) is 12.2 Å². The van der Waals surface area contributed by atoms with Crippen LogP contribution in [-0.4, -0.2) is 39.3 Å². The maximum absolute atomic E-state index is 12.1. The highest BCUT2D eigenvalue weighted by molar-refractivity contribution is 6.17. The highest BCUT2D eigenvalue weighted by atomic mass is 16.5. The van der Waals surface area contributed by atoms with Crippen molar-refractivity contribution in [1.82, 2.24) is 10.3 Å². The van der Waals surface area contributed by atoms with Gasteiger partial charge in [-0.3, -0.25) is 14.6 Å². The topological polar surface area (TPSA) is 118 Å². The number of aromatic nitrogens is 1. The second-order valence-corrected chi connectivity index (χ2v) is 7.52. The third-order valence-electron chi connectivity index (χ3n) is 4.97. The lowest BCUT2D eigenvalue weighted by molar-refractivity contribution is -0.132. The molecule has 1 aliphatic rings. The zero-order valence-electron chi connectivity index (χ0n) is 18.3. The second-order valence-electron chi connectivity index (χ2n) is 7.52. The SMILES string of the molecule is CC(=O)Oc1ccccc1.CCc1cnc(C2=NC(C)(C(C)C)C(=O)N2)c(C(=O)O)c1. The molecule has 2 heterocycles. The molecule has 0 bridgehead atoms. The summed E-state index contributed by atoms with van der Waals surface area (Å²) in [5.41, 5.74) is 0.197. The molecule has 1 aliphatic heterocycles. The average Bonchev–Trinajstić information content (AvgIpc) is 3.04. The second kappa shape index (κ2) is 9.97. The van der Waals surface area contributed by atoms with Crippen molar-refractivity contribution in [1.29, 1.82) is 0 Å². The molecule has 0 saturated heterocycles. The third-order valence-corrected chi connectivity index (χ3v) is 4.97. The van der Waals surface area contributed by atoms with Crippen LogP contribution in [0, 0.1) is 5.92 Å². The number of carboxylic acids is 1. The summed E-state index contributed by atoms with van der Waals surface area (Å²) >= 11 is 0. The van der Waals surface area contributed by atoms with Gasteiger partial charge in [-0.2, -0.15) is 0 Å². The zero-order valence-corrected chi connectivity index (χ0v) is 18.3. The van der Waals surface area contributed by atoms with Crippen molar-refractivity contribution in [3.8, 4) is 5.75 Å². The molecule has 8 heteroatoms. The van der Waals surface area contributed by atoms with Gasteiger partial charge >= 0.3 is 11.9 Å². The zero-order chi connectivity index (χ0) is 23.2. The Morgan fingerprint density at radius 1 is 1.23 bits per heavy atom. The van der Waals surface area contributed by atoms with Crippen LogP contribution < -0.4 is 10.1 Å². The molecule has 2 N–H and O–H groups in total. The number of aliphatic imine (C=N–C) groups is 1. The number of hydrogen-bond donors (Lipinski definition) is 2. The number of nitrogens with zero attached hydrogens (tertiary/aromatic N) is 2. The van der Waals surface area contributed by atoms with Gasteiger partial charge in [0.05, 0.1) is 5.56 Å². The molecule has 1 atom stereocenters. The van der Waals surface area contributed by atoms with Crippen LogP contribution in [0.25, 0.3) is 0 Å². The molecule has 3 rings (SSSR count). The van der Waals surface area contributed by atoms with Crippen LogP contribution in [0.2, 0.25) is 0 Å². The highest BCUT2D eigenvalue weighted by Crippen LogP contribution is 2.27. The first kappa shape index (κ1) is 23.7. The van der Waals surface area contributed by atoms with E-state index in [1.54, 1.807) is 31.3 Å². The number of carbonyl (C=O) groups excluding carboxylic acids is 2. The van der Waals surface area contributed by atoms with Crippen LogP contribution in [0.3, 0.4) is 0 Å². The largest absolute Gasteiger partial charge is 0.478 e. The summed E-state index contributed by atoms with van der Waals surface area (Å²) < 4.78 is 4.78. The molecule has 0 spiro atoms. The molecule has 0 radical (unpaired) electrons. The van der Waals surface area contributed by atoms with Gasteiger partial charge in [-0.25, -0.2) is 9.79 Å². The number of carboxylic acid groups (broad SMARTS) is 1. The van der Waals surface area contributed by atoms with Crippen LogP contribution in [0.4, 0.5) is 0 Å². The fourth-order valence-corrected chi connectivity index (χ4v) is 2.76. The standard InChI is InChI=1S/C15H19N3O3.C8H8O2/c1-5-9-6-10(13(19)20)11(16-7-9)12-17-14(21)15(4,18-12)8(2)3;1-7(9)10-8-5-3-2-4-6-8/h6-8H,5H2,1-4H3,(H,19,20)(H,17,18,21);2-6H,1H3. The number of amides is 1. The van der Waals surface area contributed by atoms with Gasteiger partial charge in [0, 0.05) is 13.1 Å². The fraction of sp³-hybridized carbons (Fsp3) is 0.348. The van der Waals surface area contributed by atoms with Crippen LogP contribution in [0.15, 0.2) is 47.6 Å². The maximum atomic E-state index is 12.1. The van der Waals surface area contributed by atoms with Crippen molar-refractivity contribution in [2.75, 3.05) is 0 Å². The summed E-state index contributed by atoms with van der Waals surface area (Å²) in [6, 6.07) is 10.6. The minimum Gasteiger partial charge on any atom is -0.478 e. The molecule has 0 aliphatic carbocycles. The Labute approximate surface area is 181 Å². The first-order valence-electron chi connectivity index (χ1n) is 9.95. The summed E-state index contributed by atoms with van der Waals surface area (Å²) in [5.74, 6) is -0.774. The fourth-order valence-electron chi connectivity index (χ4n) is 2.76. The number of benzene rings is 1. The summed E-state index contributed by atoms with van der Waals surface area (Å²) in [7, 11) is 0. The van der Waals surface area contributed by atoms with Gasteiger partial charge in [-0.05, 0) is 43.0 Å². The number of aromatic carboxylic acids is 1. The molecule has 8 nitrogen and oxygen atoms in total. The Balaban J connectivity index is 0.000000285. The summed E-state index contributed by atoms with van der Waals surface area (Å²) in [4.78, 5) is 42.5. The van der Waals surface area contributed by atoms with Crippen LogP contribution in [-0.2, 0) is 16.0 Å². The van der Waals surface area contributed by atoms with Gasteiger partial charge in [0.25, 0.3) is 5.91 Å². The number of hydrogen-bond acceptors (Lipinski definition) is 6. The Morgan fingerprint density at radius 2 is 1.87 bits per heavy atom. The molecule has 1 amide bonds. The summed E-state index contributed by atoms with van der Waals surface area (Å²) in [6.45, 7) is 8.84. The van der Waals surface area contributed by atoms with Crippen LogP contribution in [0.5, 0.6) is 5.75 Å². The third kappa shape index (κ3) is 5.75. The Bertz CT molecular complexity index is 1000. The number of rotatable bonds is 5. The van der Waals surface area contributed by atoms with Gasteiger partial charge in [0.2, 0.25) is 0 Å². The van der Waals surface area contributed by atoms with Gasteiger partial charge in [-0.1, -0.05) is 39.0 Å². The molecule has 2 aromatic rings. The van der Waals surface area contributed by atoms with Crippen molar-refractivity contribution in [3.05, 3.63) is 59.4 Å². The predicted octanol–water partition coefficient (Wildman–Crippen LogP) is 3.25. The molecule has 1 aromatic carbocycles. The normalized spacial score (nSPS) is 17.4. The molecule has 1 aromatic heterocycles. The molecule has 31 heavy (non-hydrogen) atoms. The maximum Gasteiger partial charge on any atom is 0.338 e. The predicted molar refractivity (Wildman–Crippen MR) is 116 cm³/mol. The minimum absolute atomic E-state index is 0.00167. The van der Waals surface area contributed by atoms with Gasteiger partial charge in [0.1, 0.15) is 17.0 Å². The molecule has 164 valence electrons. The van der Waals surface area contributed by atoms with E-state index in [1.807, 2.05) is 39.0 Å². The summed E-state index contributed by atoms with van der Waals surface area (Å²) in [6.07, 6.45) is 2.30. The van der Waals surface area contributed by atoms with E-state index in [4.69, 9.17) is 4.74 Å². The Morgan fingerprint density at radius 3 is 2.35 bits per heavy atom. The van der Waals surface area contributed by atoms with E-state index in [2.05, 4.69) is 15.3 Å². The van der Waals surface area contributed by atoms with Crippen LogP contribution in [0.1, 0.15) is 56.2 Å². The Hall–Kier alpha value is -3.55. The van der Waals surface area contributed by atoms with Crippen molar-refractivity contribution in [2.24, 2.45) is 10.9 Å². The highest BCUT2D eigenvalue weighted by Gasteiger charge is 2.43. The van der Waals surface area contributed by atoms with Gasteiger partial charge < -0.3 is 15.2 Å². The van der Waals surface area contributed by atoms with Gasteiger partial charge in [-0.15, -0.1) is 0 Å². The lowest BCUT2D eigenvalue weighted by Crippen LogP contribution is -2.41. The number of esters is 1. The van der Waals surface area contributed by atoms with Gasteiger partial charge in [0.15, 0.2) is 5.84 Å². The van der Waals surface area contributed by atoms with Crippen molar-refractivity contribution in [2.45, 2.75) is 46.6 Å². The van der Waals surface area contributed by atoms with E-state index in [0.717, 1.165) is 5.56 Å². The number of nitrogens with one attached hydrogen (secondary N) is 1. The average molecular weight is 425 g/mol. The number of pyridine rings is 1. The van der Waals surface area contributed by atoms with Crippen molar-refractivity contribution >= 4 is 23.7 Å². The molecule has 1 unspecified atom stereocenters. The number of aryl methyl sites for hydroxylation is 1. The van der Waals surface area contributed by atoms with E-state index in [1.165, 1.54) is 6.92 Å². The molecular formula is C23H27N3O5. The summed E-state index contributed by atoms with van der Waals surface area (Å²) in [5, 5.41) is 12.0. The Kier molecular flexibility index (Phi) is 7.63. The number of carbonyl (C=O) groups is 3. The molecule has 0 saturated carbocycles.